The van der Waals surface area contributed by atoms with Gasteiger partial charge in [0.15, 0.2) is 0 Å². The highest BCUT2D eigenvalue weighted by Crippen LogP contribution is 2.34. The van der Waals surface area contributed by atoms with E-state index in [1.165, 1.54) is 5.56 Å². The van der Waals surface area contributed by atoms with Gasteiger partial charge in [0.05, 0.1) is 15.7 Å². The first kappa shape index (κ1) is 17.8. The number of rotatable bonds is 2. The van der Waals surface area contributed by atoms with Crippen LogP contribution in [0.3, 0.4) is 0 Å². The standard InChI is InChI=1S/C19H19Cl2N3O/c1-12-14(13-7-4-3-5-8-13)11-24(2)18(12)23-19(25)22-17-15(20)9-6-10-16(17)21/h3-10,12,14H,11H2,1-2H3,(H,22,25)/b23-18+. The van der Waals surface area contributed by atoms with Crippen LogP contribution in [0.4, 0.5) is 10.5 Å². The van der Waals surface area contributed by atoms with Crippen molar-refractivity contribution in [1.29, 1.82) is 0 Å². The van der Waals surface area contributed by atoms with Crippen molar-refractivity contribution in [2.75, 3.05) is 18.9 Å². The second kappa shape index (κ2) is 7.46. The third-order valence-electron chi connectivity index (χ3n) is 4.51. The van der Waals surface area contributed by atoms with Crippen molar-refractivity contribution in [2.45, 2.75) is 12.8 Å². The maximum atomic E-state index is 12.4. The highest BCUT2D eigenvalue weighted by Gasteiger charge is 2.34. The zero-order chi connectivity index (χ0) is 18.0. The summed E-state index contributed by atoms with van der Waals surface area (Å²) in [6.45, 7) is 2.92. The van der Waals surface area contributed by atoms with Crippen LogP contribution in [0, 0.1) is 5.92 Å². The number of aliphatic imine (C=N–C) groups is 1. The number of halogens is 2. The van der Waals surface area contributed by atoms with Gasteiger partial charge < -0.3 is 10.2 Å². The third kappa shape index (κ3) is 3.80. The summed E-state index contributed by atoms with van der Waals surface area (Å²) < 4.78 is 0. The van der Waals surface area contributed by atoms with Gasteiger partial charge in [-0.05, 0) is 17.7 Å². The molecule has 1 fully saturated rings. The fraction of sp³-hybridized carbons (Fsp3) is 0.263. The molecule has 2 unspecified atom stereocenters. The number of likely N-dealkylation sites (N-methyl/N-ethyl adjacent to an activating group) is 1. The van der Waals surface area contributed by atoms with E-state index in [2.05, 4.69) is 29.4 Å². The Kier molecular flexibility index (Phi) is 5.30. The number of hydrogen-bond acceptors (Lipinski definition) is 1. The number of amidine groups is 1. The number of amides is 2. The van der Waals surface area contributed by atoms with Gasteiger partial charge in [-0.15, -0.1) is 0 Å². The Morgan fingerprint density at radius 3 is 2.40 bits per heavy atom. The van der Waals surface area contributed by atoms with Crippen LogP contribution in [-0.2, 0) is 0 Å². The Labute approximate surface area is 157 Å². The predicted molar refractivity (Wildman–Crippen MR) is 104 cm³/mol. The van der Waals surface area contributed by atoms with Crippen molar-refractivity contribution in [2.24, 2.45) is 10.9 Å². The molecule has 2 amide bonds. The molecule has 0 radical (unpaired) electrons. The topological polar surface area (TPSA) is 44.7 Å². The SMILES string of the molecule is CC1/C(=N\C(=O)Nc2c(Cl)cccc2Cl)N(C)CC1c1ccccc1. The first-order valence-corrected chi connectivity index (χ1v) is 8.82. The van der Waals surface area contributed by atoms with Gasteiger partial charge in [-0.25, -0.2) is 4.79 Å². The van der Waals surface area contributed by atoms with E-state index in [9.17, 15) is 4.79 Å². The van der Waals surface area contributed by atoms with Gasteiger partial charge in [0.25, 0.3) is 0 Å². The quantitative estimate of drug-likeness (QED) is 0.774. The van der Waals surface area contributed by atoms with Gasteiger partial charge in [0.2, 0.25) is 0 Å². The number of carbonyl (C=O) groups excluding carboxylic acids is 1. The molecule has 2 atom stereocenters. The minimum absolute atomic E-state index is 0.139. The van der Waals surface area contributed by atoms with Crippen LogP contribution in [-0.4, -0.2) is 30.4 Å². The molecule has 0 spiro atoms. The fourth-order valence-corrected chi connectivity index (χ4v) is 3.70. The summed E-state index contributed by atoms with van der Waals surface area (Å²) in [5.74, 6) is 1.20. The second-order valence-electron chi connectivity index (χ2n) is 6.18. The summed E-state index contributed by atoms with van der Waals surface area (Å²) >= 11 is 12.2. The van der Waals surface area contributed by atoms with Crippen molar-refractivity contribution in [3.05, 3.63) is 64.1 Å². The van der Waals surface area contributed by atoms with E-state index in [4.69, 9.17) is 23.2 Å². The molecule has 1 heterocycles. The van der Waals surface area contributed by atoms with Crippen LogP contribution >= 0.6 is 23.2 Å². The Morgan fingerprint density at radius 2 is 1.76 bits per heavy atom. The number of urea groups is 1. The van der Waals surface area contributed by atoms with Crippen LogP contribution in [0.25, 0.3) is 0 Å². The minimum atomic E-state index is -0.475. The van der Waals surface area contributed by atoms with Crippen LogP contribution in [0.2, 0.25) is 10.0 Å². The van der Waals surface area contributed by atoms with E-state index in [0.29, 0.717) is 21.7 Å². The zero-order valence-corrected chi connectivity index (χ0v) is 15.6. The lowest BCUT2D eigenvalue weighted by Gasteiger charge is -2.14. The molecule has 1 aliphatic rings. The number of nitrogens with one attached hydrogen (secondary N) is 1. The summed E-state index contributed by atoms with van der Waals surface area (Å²) in [7, 11) is 1.95. The van der Waals surface area contributed by atoms with E-state index in [0.717, 1.165) is 12.4 Å². The molecule has 0 bridgehead atoms. The van der Waals surface area contributed by atoms with Gasteiger partial charge in [-0.1, -0.05) is 66.5 Å². The molecule has 6 heteroatoms. The van der Waals surface area contributed by atoms with E-state index in [1.807, 2.05) is 30.1 Å². The molecule has 0 aliphatic carbocycles. The molecule has 0 aromatic heterocycles. The largest absolute Gasteiger partial charge is 0.362 e. The molecule has 1 N–H and O–H groups in total. The lowest BCUT2D eigenvalue weighted by Crippen LogP contribution is -2.24. The van der Waals surface area contributed by atoms with E-state index in [-0.39, 0.29) is 5.92 Å². The van der Waals surface area contributed by atoms with Crippen LogP contribution in [0.1, 0.15) is 18.4 Å². The van der Waals surface area contributed by atoms with Crippen LogP contribution < -0.4 is 5.32 Å². The molecule has 2 aromatic rings. The fourth-order valence-electron chi connectivity index (χ4n) is 3.21. The molecule has 4 nitrogen and oxygen atoms in total. The Morgan fingerprint density at radius 1 is 1.12 bits per heavy atom. The number of hydrogen-bond donors (Lipinski definition) is 1. The number of carbonyl (C=O) groups is 1. The van der Waals surface area contributed by atoms with Crippen molar-refractivity contribution in [3.63, 3.8) is 0 Å². The van der Waals surface area contributed by atoms with Gasteiger partial charge in [0, 0.05) is 25.4 Å². The van der Waals surface area contributed by atoms with E-state index in [1.54, 1.807) is 18.2 Å². The van der Waals surface area contributed by atoms with Crippen LogP contribution in [0.5, 0.6) is 0 Å². The summed E-state index contributed by atoms with van der Waals surface area (Å²) in [5.41, 5.74) is 1.63. The summed E-state index contributed by atoms with van der Waals surface area (Å²) in [4.78, 5) is 18.7. The van der Waals surface area contributed by atoms with Crippen molar-refractivity contribution in [3.8, 4) is 0 Å². The minimum Gasteiger partial charge on any atom is -0.362 e. The molecule has 0 saturated carbocycles. The molecular formula is C19H19Cl2N3O. The highest BCUT2D eigenvalue weighted by molar-refractivity contribution is 6.39. The van der Waals surface area contributed by atoms with E-state index < -0.39 is 6.03 Å². The van der Waals surface area contributed by atoms with Gasteiger partial charge in [0.1, 0.15) is 5.84 Å². The monoisotopic (exact) mass is 375 g/mol. The number of anilines is 1. The molecule has 1 saturated heterocycles. The maximum absolute atomic E-state index is 12.4. The molecular weight excluding hydrogens is 357 g/mol. The first-order chi connectivity index (χ1) is 12.0. The Hall–Kier alpha value is -2.04. The number of benzene rings is 2. The summed E-state index contributed by atoms with van der Waals surface area (Å²) in [6.07, 6.45) is 0. The van der Waals surface area contributed by atoms with Gasteiger partial charge in [-0.2, -0.15) is 4.99 Å². The number of likely N-dealkylation sites (tertiary alicyclic amines) is 1. The number of para-hydroxylation sites is 1. The summed E-state index contributed by atoms with van der Waals surface area (Å²) in [5, 5.41) is 3.45. The zero-order valence-electron chi connectivity index (χ0n) is 14.0. The lowest BCUT2D eigenvalue weighted by atomic mass is 9.90. The second-order valence-corrected chi connectivity index (χ2v) is 7.00. The highest BCUT2D eigenvalue weighted by atomic mass is 35.5. The summed E-state index contributed by atoms with van der Waals surface area (Å²) in [6, 6.07) is 14.9. The van der Waals surface area contributed by atoms with Crippen molar-refractivity contribution < 1.29 is 4.79 Å². The molecule has 25 heavy (non-hydrogen) atoms. The van der Waals surface area contributed by atoms with Gasteiger partial charge in [-0.3, -0.25) is 0 Å². The average Bonchev–Trinajstić information content (AvgIpc) is 2.87. The smallest absolute Gasteiger partial charge is 0.347 e. The molecule has 130 valence electrons. The molecule has 2 aromatic carbocycles. The Bertz CT molecular complexity index is 787. The Balaban J connectivity index is 1.80. The van der Waals surface area contributed by atoms with E-state index >= 15 is 0 Å². The molecule has 1 aliphatic heterocycles. The lowest BCUT2D eigenvalue weighted by molar-refractivity contribution is 0.259. The van der Waals surface area contributed by atoms with Gasteiger partial charge >= 0.3 is 6.03 Å². The number of nitrogens with zero attached hydrogens (tertiary/aromatic N) is 2. The maximum Gasteiger partial charge on any atom is 0.347 e. The normalized spacial score (nSPS) is 21.6. The third-order valence-corrected chi connectivity index (χ3v) is 5.14. The van der Waals surface area contributed by atoms with Crippen molar-refractivity contribution in [1.82, 2.24) is 4.90 Å². The molecule has 3 rings (SSSR count). The first-order valence-electron chi connectivity index (χ1n) is 8.07. The van der Waals surface area contributed by atoms with Crippen LogP contribution in [0.15, 0.2) is 53.5 Å². The van der Waals surface area contributed by atoms with Crippen molar-refractivity contribution >= 4 is 40.8 Å². The predicted octanol–water partition coefficient (Wildman–Crippen LogP) is 5.29. The average molecular weight is 376 g/mol.